The van der Waals surface area contributed by atoms with E-state index in [1.54, 1.807) is 11.8 Å². The van der Waals surface area contributed by atoms with E-state index in [4.69, 9.17) is 4.74 Å². The zero-order valence-electron chi connectivity index (χ0n) is 8.90. The monoisotopic (exact) mass is 224 g/mol. The molecule has 0 atom stereocenters. The minimum Gasteiger partial charge on any atom is -0.494 e. The standard InChI is InChI=1S/C12H16O2S/c1-2-14-10-3-5-11(6-4-10)15-12(9-13)7-8-12/h3-6,13H,2,7-9H2,1H3. The molecule has 0 amide bonds. The summed E-state index contributed by atoms with van der Waals surface area (Å²) in [4.78, 5) is 1.21. The van der Waals surface area contributed by atoms with Crippen LogP contribution >= 0.6 is 11.8 Å². The summed E-state index contributed by atoms with van der Waals surface area (Å²) in [6.45, 7) is 2.96. The Bertz CT molecular complexity index is 317. The summed E-state index contributed by atoms with van der Waals surface area (Å²) in [7, 11) is 0. The molecular formula is C12H16O2S. The summed E-state index contributed by atoms with van der Waals surface area (Å²) in [6, 6.07) is 8.09. The maximum atomic E-state index is 9.21. The molecular weight excluding hydrogens is 208 g/mol. The Morgan fingerprint density at radius 3 is 2.47 bits per heavy atom. The van der Waals surface area contributed by atoms with E-state index >= 15 is 0 Å². The van der Waals surface area contributed by atoms with Gasteiger partial charge in [-0.05, 0) is 44.0 Å². The number of aliphatic hydroxyl groups excluding tert-OH is 1. The minimum absolute atomic E-state index is 0.118. The molecule has 1 aliphatic carbocycles. The second-order valence-electron chi connectivity index (χ2n) is 3.85. The van der Waals surface area contributed by atoms with E-state index < -0.39 is 0 Å². The number of aliphatic hydroxyl groups is 1. The zero-order chi connectivity index (χ0) is 10.7. The van der Waals surface area contributed by atoms with Crippen molar-refractivity contribution in [1.29, 1.82) is 0 Å². The molecule has 0 aromatic heterocycles. The number of benzene rings is 1. The van der Waals surface area contributed by atoms with Crippen molar-refractivity contribution in [2.24, 2.45) is 0 Å². The van der Waals surface area contributed by atoms with Gasteiger partial charge in [0.15, 0.2) is 0 Å². The van der Waals surface area contributed by atoms with Gasteiger partial charge in [-0.3, -0.25) is 0 Å². The van der Waals surface area contributed by atoms with Crippen LogP contribution in [0.4, 0.5) is 0 Å². The van der Waals surface area contributed by atoms with Crippen molar-refractivity contribution in [2.75, 3.05) is 13.2 Å². The smallest absolute Gasteiger partial charge is 0.119 e. The Hall–Kier alpha value is -0.670. The molecule has 0 bridgehead atoms. The first-order chi connectivity index (χ1) is 7.28. The van der Waals surface area contributed by atoms with Crippen LogP contribution in [0.5, 0.6) is 5.75 Å². The van der Waals surface area contributed by atoms with Crippen molar-refractivity contribution in [3.05, 3.63) is 24.3 Å². The van der Waals surface area contributed by atoms with E-state index in [0.29, 0.717) is 6.61 Å². The Balaban J connectivity index is 1.98. The van der Waals surface area contributed by atoms with E-state index in [2.05, 4.69) is 12.1 Å². The van der Waals surface area contributed by atoms with Gasteiger partial charge in [0, 0.05) is 9.64 Å². The van der Waals surface area contributed by atoms with Crippen LogP contribution in [-0.2, 0) is 0 Å². The maximum absolute atomic E-state index is 9.21. The topological polar surface area (TPSA) is 29.5 Å². The molecule has 0 aliphatic heterocycles. The summed E-state index contributed by atoms with van der Waals surface area (Å²) < 4.78 is 5.49. The summed E-state index contributed by atoms with van der Waals surface area (Å²) in [5, 5.41) is 9.21. The lowest BCUT2D eigenvalue weighted by Crippen LogP contribution is -2.07. The number of thioether (sulfide) groups is 1. The fraction of sp³-hybridized carbons (Fsp3) is 0.500. The van der Waals surface area contributed by atoms with E-state index in [-0.39, 0.29) is 11.4 Å². The van der Waals surface area contributed by atoms with E-state index in [1.165, 1.54) is 4.90 Å². The summed E-state index contributed by atoms with van der Waals surface area (Å²) in [5.41, 5.74) is 0. The van der Waals surface area contributed by atoms with Gasteiger partial charge in [-0.1, -0.05) is 0 Å². The molecule has 0 heterocycles. The van der Waals surface area contributed by atoms with Gasteiger partial charge < -0.3 is 9.84 Å². The molecule has 1 aliphatic rings. The molecule has 2 nitrogen and oxygen atoms in total. The Labute approximate surface area is 94.6 Å². The van der Waals surface area contributed by atoms with Gasteiger partial charge in [-0.25, -0.2) is 0 Å². The zero-order valence-corrected chi connectivity index (χ0v) is 9.72. The third-order valence-corrected chi connectivity index (χ3v) is 4.04. The maximum Gasteiger partial charge on any atom is 0.119 e. The van der Waals surface area contributed by atoms with Crippen molar-refractivity contribution >= 4 is 11.8 Å². The normalized spacial score (nSPS) is 17.5. The number of ether oxygens (including phenoxy) is 1. The van der Waals surface area contributed by atoms with Gasteiger partial charge in [0.2, 0.25) is 0 Å². The van der Waals surface area contributed by atoms with Gasteiger partial charge in [0.05, 0.1) is 13.2 Å². The predicted molar refractivity (Wildman–Crippen MR) is 62.5 cm³/mol. The third-order valence-electron chi connectivity index (χ3n) is 2.56. The summed E-state index contributed by atoms with van der Waals surface area (Å²) in [5.74, 6) is 0.913. The van der Waals surface area contributed by atoms with Gasteiger partial charge >= 0.3 is 0 Å². The average Bonchev–Trinajstić information content (AvgIpc) is 3.02. The first-order valence-electron chi connectivity index (χ1n) is 5.31. The molecule has 1 aromatic rings. The first-order valence-corrected chi connectivity index (χ1v) is 6.12. The Morgan fingerprint density at radius 2 is 2.00 bits per heavy atom. The van der Waals surface area contributed by atoms with Crippen molar-refractivity contribution in [1.82, 2.24) is 0 Å². The van der Waals surface area contributed by atoms with Crippen molar-refractivity contribution in [3.8, 4) is 5.75 Å². The quantitative estimate of drug-likeness (QED) is 0.834. The Kier molecular flexibility index (Phi) is 3.22. The molecule has 2 rings (SSSR count). The van der Waals surface area contributed by atoms with Crippen LogP contribution in [0.15, 0.2) is 29.2 Å². The first kappa shape index (κ1) is 10.8. The van der Waals surface area contributed by atoms with Crippen LogP contribution in [0, 0.1) is 0 Å². The van der Waals surface area contributed by atoms with E-state index in [9.17, 15) is 5.11 Å². The van der Waals surface area contributed by atoms with E-state index in [0.717, 1.165) is 18.6 Å². The minimum atomic E-state index is 0.118. The second kappa shape index (κ2) is 4.45. The number of rotatable bonds is 5. The lowest BCUT2D eigenvalue weighted by Gasteiger charge is -2.11. The van der Waals surface area contributed by atoms with Gasteiger partial charge in [0.25, 0.3) is 0 Å². The number of hydrogen-bond donors (Lipinski definition) is 1. The highest BCUT2D eigenvalue weighted by Crippen LogP contribution is 2.51. The van der Waals surface area contributed by atoms with Gasteiger partial charge in [0.1, 0.15) is 5.75 Å². The van der Waals surface area contributed by atoms with Crippen molar-refractivity contribution in [2.45, 2.75) is 29.4 Å². The van der Waals surface area contributed by atoms with Crippen LogP contribution in [0.25, 0.3) is 0 Å². The molecule has 3 heteroatoms. The highest BCUT2D eigenvalue weighted by molar-refractivity contribution is 8.01. The third kappa shape index (κ3) is 2.67. The molecule has 0 saturated heterocycles. The lowest BCUT2D eigenvalue weighted by atomic mass is 10.3. The number of hydrogen-bond acceptors (Lipinski definition) is 3. The molecule has 82 valence electrons. The van der Waals surface area contributed by atoms with Crippen molar-refractivity contribution in [3.63, 3.8) is 0 Å². The molecule has 0 spiro atoms. The Morgan fingerprint density at radius 1 is 1.33 bits per heavy atom. The average molecular weight is 224 g/mol. The largest absolute Gasteiger partial charge is 0.494 e. The van der Waals surface area contributed by atoms with Crippen LogP contribution in [0.2, 0.25) is 0 Å². The lowest BCUT2D eigenvalue weighted by molar-refractivity contribution is 0.289. The van der Waals surface area contributed by atoms with Gasteiger partial charge in [-0.2, -0.15) is 0 Å². The van der Waals surface area contributed by atoms with Crippen LogP contribution in [0.1, 0.15) is 19.8 Å². The molecule has 0 unspecified atom stereocenters. The summed E-state index contributed by atoms with van der Waals surface area (Å²) >= 11 is 1.78. The van der Waals surface area contributed by atoms with Crippen LogP contribution < -0.4 is 4.74 Å². The van der Waals surface area contributed by atoms with Crippen molar-refractivity contribution < 1.29 is 9.84 Å². The second-order valence-corrected chi connectivity index (χ2v) is 5.39. The van der Waals surface area contributed by atoms with Crippen LogP contribution in [-0.4, -0.2) is 23.1 Å². The molecule has 1 aromatic carbocycles. The fourth-order valence-electron chi connectivity index (χ4n) is 1.45. The SMILES string of the molecule is CCOc1ccc(SC2(CO)CC2)cc1. The molecule has 1 saturated carbocycles. The highest BCUT2D eigenvalue weighted by atomic mass is 32.2. The highest BCUT2D eigenvalue weighted by Gasteiger charge is 2.43. The molecule has 1 N–H and O–H groups in total. The van der Waals surface area contributed by atoms with Gasteiger partial charge in [-0.15, -0.1) is 11.8 Å². The predicted octanol–water partition coefficient (Wildman–Crippen LogP) is 2.70. The molecule has 15 heavy (non-hydrogen) atoms. The molecule has 1 fully saturated rings. The summed E-state index contributed by atoms with van der Waals surface area (Å²) in [6.07, 6.45) is 2.25. The fourth-order valence-corrected chi connectivity index (χ4v) is 2.60. The van der Waals surface area contributed by atoms with E-state index in [1.807, 2.05) is 19.1 Å². The van der Waals surface area contributed by atoms with Crippen LogP contribution in [0.3, 0.4) is 0 Å². The molecule has 0 radical (unpaired) electrons.